The van der Waals surface area contributed by atoms with Crippen molar-refractivity contribution in [2.45, 2.75) is 13.8 Å². The second-order valence-corrected chi connectivity index (χ2v) is 4.26. The van der Waals surface area contributed by atoms with Gasteiger partial charge in [-0.05, 0) is 43.2 Å². The van der Waals surface area contributed by atoms with E-state index in [-0.39, 0.29) is 5.82 Å². The molecule has 1 nitrogen and oxygen atoms in total. The van der Waals surface area contributed by atoms with Crippen molar-refractivity contribution in [2.75, 3.05) is 12.4 Å². The molecule has 0 spiro atoms. The average Bonchev–Trinajstić information content (AvgIpc) is 2.32. The van der Waals surface area contributed by atoms with Crippen molar-refractivity contribution in [1.82, 2.24) is 0 Å². The third-order valence-electron chi connectivity index (χ3n) is 2.93. The highest BCUT2D eigenvalue weighted by Crippen LogP contribution is 2.31. The summed E-state index contributed by atoms with van der Waals surface area (Å²) in [5.41, 5.74) is 5.40. The third-order valence-corrected chi connectivity index (χ3v) is 2.93. The first kappa shape index (κ1) is 11.6. The summed E-state index contributed by atoms with van der Waals surface area (Å²) in [5.74, 6) is -0.219. The average molecular weight is 229 g/mol. The van der Waals surface area contributed by atoms with E-state index in [1.54, 1.807) is 0 Å². The van der Waals surface area contributed by atoms with Gasteiger partial charge in [-0.25, -0.2) is 4.39 Å². The lowest BCUT2D eigenvalue weighted by atomic mass is 9.97. The van der Waals surface area contributed by atoms with Crippen LogP contribution in [0.25, 0.3) is 11.1 Å². The molecule has 0 saturated heterocycles. The van der Waals surface area contributed by atoms with Gasteiger partial charge in [0, 0.05) is 18.3 Å². The molecule has 2 rings (SSSR count). The van der Waals surface area contributed by atoms with Gasteiger partial charge in [0.2, 0.25) is 0 Å². The molecule has 2 heteroatoms. The molecule has 0 aliphatic rings. The van der Waals surface area contributed by atoms with Gasteiger partial charge in [0.05, 0.1) is 0 Å². The van der Waals surface area contributed by atoms with Crippen LogP contribution < -0.4 is 5.32 Å². The van der Waals surface area contributed by atoms with E-state index < -0.39 is 0 Å². The minimum absolute atomic E-state index is 0.219. The van der Waals surface area contributed by atoms with Crippen LogP contribution in [0.4, 0.5) is 10.1 Å². The van der Waals surface area contributed by atoms with E-state index in [1.807, 2.05) is 13.1 Å². The molecule has 0 amide bonds. The van der Waals surface area contributed by atoms with Crippen molar-refractivity contribution < 1.29 is 4.39 Å². The van der Waals surface area contributed by atoms with Crippen LogP contribution >= 0.6 is 0 Å². The lowest BCUT2D eigenvalue weighted by molar-refractivity contribution is 0.628. The van der Waals surface area contributed by atoms with Gasteiger partial charge in [-0.15, -0.1) is 0 Å². The number of aryl methyl sites for hydroxylation is 2. The van der Waals surface area contributed by atoms with E-state index in [9.17, 15) is 4.39 Å². The van der Waals surface area contributed by atoms with Crippen LogP contribution in [0.5, 0.6) is 0 Å². The zero-order valence-corrected chi connectivity index (χ0v) is 10.3. The Balaban J connectivity index is 2.63. The molecule has 2 aromatic carbocycles. The smallest absolute Gasteiger partial charge is 0.125 e. The number of halogens is 1. The number of rotatable bonds is 2. The molecule has 0 radical (unpaired) electrons. The van der Waals surface area contributed by atoms with Crippen molar-refractivity contribution >= 4 is 5.69 Å². The Morgan fingerprint density at radius 2 is 1.71 bits per heavy atom. The van der Waals surface area contributed by atoms with Gasteiger partial charge >= 0.3 is 0 Å². The lowest BCUT2D eigenvalue weighted by Crippen LogP contribution is -1.94. The predicted molar refractivity (Wildman–Crippen MR) is 70.9 cm³/mol. The molecule has 0 unspecified atom stereocenters. The summed E-state index contributed by atoms with van der Waals surface area (Å²) in [7, 11) is 1.81. The summed E-state index contributed by atoms with van der Waals surface area (Å²) in [6, 6.07) is 11.1. The van der Waals surface area contributed by atoms with E-state index in [2.05, 4.69) is 37.4 Å². The van der Waals surface area contributed by atoms with Gasteiger partial charge < -0.3 is 5.32 Å². The van der Waals surface area contributed by atoms with Crippen molar-refractivity contribution in [3.05, 3.63) is 53.3 Å². The van der Waals surface area contributed by atoms with Crippen LogP contribution in [0.2, 0.25) is 0 Å². The highest BCUT2D eigenvalue weighted by molar-refractivity contribution is 5.80. The topological polar surface area (TPSA) is 12.0 Å². The number of benzene rings is 2. The minimum atomic E-state index is -0.219. The first-order chi connectivity index (χ1) is 8.11. The van der Waals surface area contributed by atoms with Gasteiger partial charge in [0.1, 0.15) is 5.82 Å². The van der Waals surface area contributed by atoms with E-state index in [4.69, 9.17) is 0 Å². The maximum absolute atomic E-state index is 13.2. The summed E-state index contributed by atoms with van der Waals surface area (Å²) in [6.45, 7) is 4.13. The Morgan fingerprint density at radius 3 is 2.41 bits per heavy atom. The summed E-state index contributed by atoms with van der Waals surface area (Å²) in [5, 5.41) is 3.04. The molecule has 1 N–H and O–H groups in total. The van der Waals surface area contributed by atoms with Crippen molar-refractivity contribution in [1.29, 1.82) is 0 Å². The molecule has 0 atom stereocenters. The number of hydrogen-bond acceptors (Lipinski definition) is 1. The zero-order chi connectivity index (χ0) is 12.4. The van der Waals surface area contributed by atoms with E-state index >= 15 is 0 Å². The zero-order valence-electron chi connectivity index (χ0n) is 10.3. The molecule has 0 bridgehead atoms. The van der Waals surface area contributed by atoms with Gasteiger partial charge in [-0.1, -0.05) is 23.8 Å². The number of hydrogen-bond donors (Lipinski definition) is 1. The Kier molecular flexibility index (Phi) is 3.14. The van der Waals surface area contributed by atoms with Gasteiger partial charge in [0.15, 0.2) is 0 Å². The summed E-state index contributed by atoms with van der Waals surface area (Å²) in [6.07, 6.45) is 0. The maximum Gasteiger partial charge on any atom is 0.125 e. The summed E-state index contributed by atoms with van der Waals surface area (Å²) < 4.78 is 13.2. The van der Waals surface area contributed by atoms with E-state index in [0.717, 1.165) is 16.8 Å². The molecule has 0 aliphatic heterocycles. The minimum Gasteiger partial charge on any atom is -0.388 e. The van der Waals surface area contributed by atoms with Crippen LogP contribution in [-0.2, 0) is 0 Å². The molecule has 17 heavy (non-hydrogen) atoms. The molecule has 0 aromatic heterocycles. The monoisotopic (exact) mass is 229 g/mol. The molecular formula is C15H16FN. The Labute approximate surface area is 101 Å². The quantitative estimate of drug-likeness (QED) is 0.815. The largest absolute Gasteiger partial charge is 0.388 e. The third kappa shape index (κ3) is 2.31. The van der Waals surface area contributed by atoms with Crippen LogP contribution in [0.15, 0.2) is 36.4 Å². The maximum atomic E-state index is 13.2. The van der Waals surface area contributed by atoms with Gasteiger partial charge in [-0.2, -0.15) is 0 Å². The number of anilines is 1. The number of nitrogens with one attached hydrogen (secondary N) is 1. The highest BCUT2D eigenvalue weighted by Gasteiger charge is 2.08. The van der Waals surface area contributed by atoms with E-state index in [0.29, 0.717) is 0 Å². The summed E-state index contributed by atoms with van der Waals surface area (Å²) in [4.78, 5) is 0. The van der Waals surface area contributed by atoms with E-state index in [1.165, 1.54) is 23.3 Å². The second-order valence-electron chi connectivity index (χ2n) is 4.26. The molecular weight excluding hydrogens is 213 g/mol. The molecule has 0 aliphatic carbocycles. The Morgan fingerprint density at radius 1 is 0.941 bits per heavy atom. The van der Waals surface area contributed by atoms with Crippen molar-refractivity contribution in [3.8, 4) is 11.1 Å². The van der Waals surface area contributed by atoms with Crippen LogP contribution in [-0.4, -0.2) is 7.05 Å². The predicted octanol–water partition coefficient (Wildman–Crippen LogP) is 4.15. The molecule has 0 heterocycles. The molecule has 0 fully saturated rings. The van der Waals surface area contributed by atoms with Gasteiger partial charge in [-0.3, -0.25) is 0 Å². The fourth-order valence-corrected chi connectivity index (χ4v) is 1.98. The summed E-state index contributed by atoms with van der Waals surface area (Å²) >= 11 is 0. The van der Waals surface area contributed by atoms with Crippen molar-refractivity contribution in [2.24, 2.45) is 0 Å². The first-order valence-electron chi connectivity index (χ1n) is 5.67. The standard InChI is InChI=1S/C15H16FN/c1-10-4-5-11(2)14(8-10)13-7-6-12(16)9-15(13)17-3/h4-9,17H,1-3H3. The molecule has 0 saturated carbocycles. The normalized spacial score (nSPS) is 10.4. The van der Waals surface area contributed by atoms with Crippen LogP contribution in [0.3, 0.4) is 0 Å². The van der Waals surface area contributed by atoms with Crippen LogP contribution in [0.1, 0.15) is 11.1 Å². The Bertz CT molecular complexity index is 547. The lowest BCUT2D eigenvalue weighted by Gasteiger charge is -2.12. The van der Waals surface area contributed by atoms with Crippen LogP contribution in [0, 0.1) is 19.7 Å². The molecule has 88 valence electrons. The molecule has 2 aromatic rings. The van der Waals surface area contributed by atoms with Gasteiger partial charge in [0.25, 0.3) is 0 Å². The first-order valence-corrected chi connectivity index (χ1v) is 5.67. The SMILES string of the molecule is CNc1cc(F)ccc1-c1cc(C)ccc1C. The van der Waals surface area contributed by atoms with Crippen molar-refractivity contribution in [3.63, 3.8) is 0 Å². The highest BCUT2D eigenvalue weighted by atomic mass is 19.1. The fourth-order valence-electron chi connectivity index (χ4n) is 1.98. The Hall–Kier alpha value is -1.83. The second kappa shape index (κ2) is 4.58. The fraction of sp³-hybridized carbons (Fsp3) is 0.200.